The van der Waals surface area contributed by atoms with Crippen LogP contribution >= 0.6 is 0 Å². The number of amides is 2. The largest absolute Gasteiger partial charge is 0.444 e. The minimum Gasteiger partial charge on any atom is -0.444 e. The first-order valence-corrected chi connectivity index (χ1v) is 6.61. The summed E-state index contributed by atoms with van der Waals surface area (Å²) in [5.74, 6) is 0.133. The van der Waals surface area contributed by atoms with Gasteiger partial charge in [-0.15, -0.1) is 0 Å². The quantitative estimate of drug-likeness (QED) is 0.869. The minimum atomic E-state index is -0.558. The molecular weight excluding hydrogens is 274 g/mol. The number of anilines is 2. The molecule has 0 saturated heterocycles. The van der Waals surface area contributed by atoms with Gasteiger partial charge >= 0.3 is 6.09 Å². The summed E-state index contributed by atoms with van der Waals surface area (Å²) >= 11 is 0. The van der Waals surface area contributed by atoms with Crippen molar-refractivity contribution in [3.63, 3.8) is 0 Å². The fourth-order valence-corrected chi connectivity index (χ4v) is 1.46. The number of aromatic nitrogens is 2. The summed E-state index contributed by atoms with van der Waals surface area (Å²) in [7, 11) is 3.26. The molecule has 0 saturated carbocycles. The highest BCUT2D eigenvalue weighted by Crippen LogP contribution is 2.16. The molecule has 1 aromatic rings. The number of aryl methyl sites for hydroxylation is 1. The number of ether oxygens (including phenoxy) is 1. The highest BCUT2D eigenvalue weighted by atomic mass is 16.6. The molecule has 21 heavy (non-hydrogen) atoms. The van der Waals surface area contributed by atoms with Gasteiger partial charge in [0.1, 0.15) is 17.1 Å². The van der Waals surface area contributed by atoms with Crippen LogP contribution < -0.4 is 11.1 Å². The molecular formula is C13H23N5O3. The van der Waals surface area contributed by atoms with E-state index in [1.165, 1.54) is 15.8 Å². The van der Waals surface area contributed by atoms with E-state index in [1.807, 2.05) is 0 Å². The van der Waals surface area contributed by atoms with Crippen LogP contribution in [0.15, 0.2) is 6.20 Å². The summed E-state index contributed by atoms with van der Waals surface area (Å²) in [6.45, 7) is 5.62. The van der Waals surface area contributed by atoms with Crippen molar-refractivity contribution in [3.8, 4) is 0 Å². The van der Waals surface area contributed by atoms with Crippen molar-refractivity contribution in [3.05, 3.63) is 6.20 Å². The average Bonchev–Trinajstić information content (AvgIpc) is 2.66. The Morgan fingerprint density at radius 1 is 1.48 bits per heavy atom. The second-order valence-corrected chi connectivity index (χ2v) is 5.77. The number of nitrogens with zero attached hydrogens (tertiary/aromatic N) is 3. The Hall–Kier alpha value is -2.25. The summed E-state index contributed by atoms with van der Waals surface area (Å²) in [6.07, 6.45) is 1.16. The van der Waals surface area contributed by atoms with Gasteiger partial charge in [0.25, 0.3) is 0 Å². The van der Waals surface area contributed by atoms with Crippen molar-refractivity contribution in [1.29, 1.82) is 0 Å². The predicted molar refractivity (Wildman–Crippen MR) is 79.7 cm³/mol. The summed E-state index contributed by atoms with van der Waals surface area (Å²) in [5.41, 5.74) is 5.63. The average molecular weight is 297 g/mol. The van der Waals surface area contributed by atoms with Gasteiger partial charge in [-0.1, -0.05) is 0 Å². The number of nitrogens with one attached hydrogen (secondary N) is 1. The standard InChI is InChI=1S/C13H23N5O3/c1-13(2,3)21-12(20)17(4)7-6-10(19)16-9-8-15-18(5)11(9)14/h8H,6-7,14H2,1-5H3,(H,16,19). The molecule has 118 valence electrons. The van der Waals surface area contributed by atoms with Gasteiger partial charge in [-0.25, -0.2) is 4.79 Å². The molecule has 0 spiro atoms. The van der Waals surface area contributed by atoms with Crippen LogP contribution in [0.2, 0.25) is 0 Å². The van der Waals surface area contributed by atoms with Gasteiger partial charge in [0.05, 0.1) is 6.20 Å². The van der Waals surface area contributed by atoms with E-state index >= 15 is 0 Å². The van der Waals surface area contributed by atoms with E-state index < -0.39 is 11.7 Å². The predicted octanol–water partition coefficient (Wildman–Crippen LogP) is 1.20. The summed E-state index contributed by atoms with van der Waals surface area (Å²) in [6, 6.07) is 0. The summed E-state index contributed by atoms with van der Waals surface area (Å²) in [5, 5.41) is 6.57. The lowest BCUT2D eigenvalue weighted by Crippen LogP contribution is -2.35. The number of carbonyl (C=O) groups is 2. The third-order valence-corrected chi connectivity index (χ3v) is 2.64. The second kappa shape index (κ2) is 6.47. The summed E-state index contributed by atoms with van der Waals surface area (Å²) < 4.78 is 6.66. The van der Waals surface area contributed by atoms with Crippen LogP contribution in [0.4, 0.5) is 16.3 Å². The SMILES string of the molecule is CN(CCC(=O)Nc1cnn(C)c1N)C(=O)OC(C)(C)C. The van der Waals surface area contributed by atoms with Crippen molar-refractivity contribution >= 4 is 23.5 Å². The molecule has 1 heterocycles. The van der Waals surface area contributed by atoms with Crippen LogP contribution in [0.25, 0.3) is 0 Å². The van der Waals surface area contributed by atoms with Gasteiger partial charge in [0.15, 0.2) is 0 Å². The Kier molecular flexibility index (Phi) is 5.17. The molecule has 3 N–H and O–H groups in total. The van der Waals surface area contributed by atoms with E-state index in [2.05, 4.69) is 10.4 Å². The maximum Gasteiger partial charge on any atom is 0.410 e. The number of nitrogens with two attached hydrogens (primary N) is 1. The number of hydrogen-bond acceptors (Lipinski definition) is 5. The lowest BCUT2D eigenvalue weighted by atomic mass is 10.2. The molecule has 8 nitrogen and oxygen atoms in total. The second-order valence-electron chi connectivity index (χ2n) is 5.77. The van der Waals surface area contributed by atoms with Gasteiger partial charge in [0, 0.05) is 27.1 Å². The topological polar surface area (TPSA) is 102 Å². The zero-order valence-electron chi connectivity index (χ0n) is 13.1. The molecule has 0 radical (unpaired) electrons. The fourth-order valence-electron chi connectivity index (χ4n) is 1.46. The lowest BCUT2D eigenvalue weighted by Gasteiger charge is -2.24. The van der Waals surface area contributed by atoms with Crippen molar-refractivity contribution in [2.24, 2.45) is 7.05 Å². The lowest BCUT2D eigenvalue weighted by molar-refractivity contribution is -0.116. The first-order chi connectivity index (χ1) is 9.60. The molecule has 8 heteroatoms. The first kappa shape index (κ1) is 16.8. The van der Waals surface area contributed by atoms with Crippen molar-refractivity contribution in [1.82, 2.24) is 14.7 Å². The number of carbonyl (C=O) groups excluding carboxylic acids is 2. The third kappa shape index (κ3) is 5.33. The van der Waals surface area contributed by atoms with E-state index in [4.69, 9.17) is 10.5 Å². The normalized spacial score (nSPS) is 11.1. The maximum absolute atomic E-state index is 11.8. The summed E-state index contributed by atoms with van der Waals surface area (Å²) in [4.78, 5) is 24.9. The maximum atomic E-state index is 11.8. The van der Waals surface area contributed by atoms with E-state index in [9.17, 15) is 9.59 Å². The van der Waals surface area contributed by atoms with Gasteiger partial charge in [0.2, 0.25) is 5.91 Å². The van der Waals surface area contributed by atoms with E-state index in [0.29, 0.717) is 11.5 Å². The van der Waals surface area contributed by atoms with Crippen LogP contribution in [-0.4, -0.2) is 45.9 Å². The van der Waals surface area contributed by atoms with Gasteiger partial charge < -0.3 is 20.7 Å². The third-order valence-electron chi connectivity index (χ3n) is 2.64. The first-order valence-electron chi connectivity index (χ1n) is 6.61. The molecule has 0 unspecified atom stereocenters. The Bertz CT molecular complexity index is 518. The molecule has 0 aliphatic carbocycles. The Morgan fingerprint density at radius 2 is 2.10 bits per heavy atom. The molecule has 0 aliphatic heterocycles. The number of rotatable bonds is 4. The van der Waals surface area contributed by atoms with Gasteiger partial charge in [-0.05, 0) is 20.8 Å². The zero-order valence-corrected chi connectivity index (χ0v) is 13.1. The van der Waals surface area contributed by atoms with Crippen LogP contribution in [-0.2, 0) is 16.6 Å². The van der Waals surface area contributed by atoms with Crippen LogP contribution in [0.1, 0.15) is 27.2 Å². The van der Waals surface area contributed by atoms with Crippen molar-refractivity contribution in [2.45, 2.75) is 32.8 Å². The Labute approximate surface area is 124 Å². The van der Waals surface area contributed by atoms with E-state index in [1.54, 1.807) is 34.9 Å². The number of hydrogen-bond donors (Lipinski definition) is 2. The number of nitrogen functional groups attached to an aromatic ring is 1. The Morgan fingerprint density at radius 3 is 2.57 bits per heavy atom. The van der Waals surface area contributed by atoms with Gasteiger partial charge in [-0.3, -0.25) is 9.48 Å². The van der Waals surface area contributed by atoms with Crippen molar-refractivity contribution < 1.29 is 14.3 Å². The Balaban J connectivity index is 2.42. The van der Waals surface area contributed by atoms with E-state index in [-0.39, 0.29) is 18.9 Å². The van der Waals surface area contributed by atoms with Crippen LogP contribution in [0.5, 0.6) is 0 Å². The van der Waals surface area contributed by atoms with Gasteiger partial charge in [-0.2, -0.15) is 5.10 Å². The molecule has 0 aromatic carbocycles. The minimum absolute atomic E-state index is 0.143. The van der Waals surface area contributed by atoms with Crippen LogP contribution in [0, 0.1) is 0 Å². The fraction of sp³-hybridized carbons (Fsp3) is 0.615. The zero-order chi connectivity index (χ0) is 16.2. The molecule has 0 fully saturated rings. The molecule has 0 atom stereocenters. The molecule has 1 rings (SSSR count). The molecule has 0 aliphatic rings. The van der Waals surface area contributed by atoms with Crippen molar-refractivity contribution in [2.75, 3.05) is 24.6 Å². The monoisotopic (exact) mass is 297 g/mol. The molecule has 0 bridgehead atoms. The highest BCUT2D eigenvalue weighted by molar-refractivity contribution is 5.93. The van der Waals surface area contributed by atoms with E-state index in [0.717, 1.165) is 0 Å². The highest BCUT2D eigenvalue weighted by Gasteiger charge is 2.20. The van der Waals surface area contributed by atoms with Crippen LogP contribution in [0.3, 0.4) is 0 Å². The molecule has 1 aromatic heterocycles. The molecule has 2 amide bonds. The smallest absolute Gasteiger partial charge is 0.410 e.